The molecule has 2 aliphatic carbocycles. The first kappa shape index (κ1) is 16.6. The van der Waals surface area contributed by atoms with E-state index >= 15 is 0 Å². The summed E-state index contributed by atoms with van der Waals surface area (Å²) >= 11 is 0. The molecule has 0 aromatic heterocycles. The highest BCUT2D eigenvalue weighted by Crippen LogP contribution is 2.44. The number of carbonyl (C=O) groups excluding carboxylic acids is 1. The topological polar surface area (TPSA) is 66.8 Å². The smallest absolute Gasteiger partial charge is 0.409 e. The molecule has 0 aliphatic heterocycles. The number of ether oxygens (including phenoxy) is 1. The molecule has 0 unspecified atom stereocenters. The van der Waals surface area contributed by atoms with E-state index in [0.717, 1.165) is 0 Å². The number of carboxylic acids is 1. The number of fused-ring (bicyclic) bond motifs is 3. The third-order valence-electron chi connectivity index (χ3n) is 5.63. The lowest BCUT2D eigenvalue weighted by atomic mass is 9.80. The molecule has 2 aliphatic rings. The lowest BCUT2D eigenvalue weighted by Gasteiger charge is -2.38. The van der Waals surface area contributed by atoms with E-state index in [1.807, 2.05) is 24.3 Å². The molecule has 1 N–H and O–H groups in total. The van der Waals surface area contributed by atoms with E-state index < -0.39 is 5.97 Å². The Kier molecular flexibility index (Phi) is 4.15. The van der Waals surface area contributed by atoms with Gasteiger partial charge in [-0.1, -0.05) is 48.5 Å². The van der Waals surface area contributed by atoms with Gasteiger partial charge in [0, 0.05) is 19.0 Å². The van der Waals surface area contributed by atoms with Crippen molar-refractivity contribution in [1.82, 2.24) is 4.90 Å². The molecule has 1 amide bonds. The number of benzene rings is 2. The van der Waals surface area contributed by atoms with Gasteiger partial charge in [0.15, 0.2) is 0 Å². The molecular weight excluding hydrogens is 330 g/mol. The summed E-state index contributed by atoms with van der Waals surface area (Å²) < 4.78 is 5.59. The number of amides is 1. The number of carboxylic acid groups (broad SMARTS) is 1. The minimum atomic E-state index is -0.790. The van der Waals surface area contributed by atoms with Crippen molar-refractivity contribution < 1.29 is 19.4 Å². The molecular formula is C21H21NO4. The second kappa shape index (κ2) is 6.48. The van der Waals surface area contributed by atoms with Crippen LogP contribution in [0.1, 0.15) is 29.9 Å². The number of hydrogen-bond acceptors (Lipinski definition) is 3. The zero-order valence-electron chi connectivity index (χ0n) is 14.6. The van der Waals surface area contributed by atoms with Crippen molar-refractivity contribution in [3.05, 3.63) is 59.7 Å². The van der Waals surface area contributed by atoms with Crippen LogP contribution in [0.5, 0.6) is 0 Å². The molecule has 0 saturated heterocycles. The van der Waals surface area contributed by atoms with Gasteiger partial charge in [0.2, 0.25) is 0 Å². The molecule has 4 rings (SSSR count). The lowest BCUT2D eigenvalue weighted by molar-refractivity contribution is -0.146. The molecule has 2 aromatic rings. The van der Waals surface area contributed by atoms with E-state index in [0.29, 0.717) is 12.8 Å². The lowest BCUT2D eigenvalue weighted by Crippen LogP contribution is -2.48. The summed E-state index contributed by atoms with van der Waals surface area (Å²) in [7, 11) is 1.68. The van der Waals surface area contributed by atoms with Crippen LogP contribution < -0.4 is 0 Å². The van der Waals surface area contributed by atoms with Crippen LogP contribution in [0.2, 0.25) is 0 Å². The first-order valence-electron chi connectivity index (χ1n) is 8.87. The summed E-state index contributed by atoms with van der Waals surface area (Å²) in [5.74, 6) is -1.10. The molecule has 0 radical (unpaired) electrons. The summed E-state index contributed by atoms with van der Waals surface area (Å²) in [6.07, 6.45) is 0.604. The molecule has 2 aromatic carbocycles. The van der Waals surface area contributed by atoms with Crippen molar-refractivity contribution in [2.24, 2.45) is 5.92 Å². The van der Waals surface area contributed by atoms with Gasteiger partial charge in [-0.05, 0) is 35.1 Å². The van der Waals surface area contributed by atoms with Gasteiger partial charge in [-0.25, -0.2) is 4.79 Å². The number of carbonyl (C=O) groups is 2. The zero-order valence-corrected chi connectivity index (χ0v) is 14.6. The summed E-state index contributed by atoms with van der Waals surface area (Å²) in [4.78, 5) is 24.8. The monoisotopic (exact) mass is 351 g/mol. The highest BCUT2D eigenvalue weighted by atomic mass is 16.6. The van der Waals surface area contributed by atoms with Gasteiger partial charge < -0.3 is 14.7 Å². The Balaban J connectivity index is 1.43. The van der Waals surface area contributed by atoms with Crippen molar-refractivity contribution >= 4 is 12.1 Å². The van der Waals surface area contributed by atoms with E-state index in [4.69, 9.17) is 9.84 Å². The summed E-state index contributed by atoms with van der Waals surface area (Å²) in [6.45, 7) is 0.284. The average Bonchev–Trinajstić information content (AvgIpc) is 2.92. The Morgan fingerprint density at radius 1 is 1.04 bits per heavy atom. The molecule has 5 heteroatoms. The second-order valence-corrected chi connectivity index (χ2v) is 7.08. The van der Waals surface area contributed by atoms with Gasteiger partial charge in [-0.2, -0.15) is 0 Å². The minimum Gasteiger partial charge on any atom is -0.481 e. The van der Waals surface area contributed by atoms with Crippen LogP contribution >= 0.6 is 0 Å². The molecule has 1 saturated carbocycles. The fourth-order valence-corrected chi connectivity index (χ4v) is 3.95. The second-order valence-electron chi connectivity index (χ2n) is 7.08. The van der Waals surface area contributed by atoms with Gasteiger partial charge in [0.1, 0.15) is 6.61 Å². The largest absolute Gasteiger partial charge is 0.481 e. The fraction of sp³-hybridized carbons (Fsp3) is 0.333. The van der Waals surface area contributed by atoms with Gasteiger partial charge in [0.05, 0.1) is 5.92 Å². The normalized spacial score (nSPS) is 20.7. The van der Waals surface area contributed by atoms with E-state index in [-0.39, 0.29) is 30.6 Å². The summed E-state index contributed by atoms with van der Waals surface area (Å²) in [5.41, 5.74) is 4.75. The number of aliphatic carboxylic acids is 1. The van der Waals surface area contributed by atoms with Gasteiger partial charge in [0.25, 0.3) is 0 Å². The Morgan fingerprint density at radius 3 is 2.12 bits per heavy atom. The molecule has 0 bridgehead atoms. The molecule has 0 heterocycles. The first-order chi connectivity index (χ1) is 12.6. The molecule has 26 heavy (non-hydrogen) atoms. The highest BCUT2D eigenvalue weighted by Gasteiger charge is 2.39. The van der Waals surface area contributed by atoms with E-state index in [2.05, 4.69) is 24.3 Å². The average molecular weight is 351 g/mol. The maximum atomic E-state index is 12.4. The maximum absolute atomic E-state index is 12.4. The quantitative estimate of drug-likeness (QED) is 0.911. The Bertz CT molecular complexity index is 811. The van der Waals surface area contributed by atoms with Crippen LogP contribution in [0.15, 0.2) is 48.5 Å². The zero-order chi connectivity index (χ0) is 18.3. The maximum Gasteiger partial charge on any atom is 0.409 e. The van der Waals surface area contributed by atoms with Crippen LogP contribution in [0.3, 0.4) is 0 Å². The van der Waals surface area contributed by atoms with Crippen molar-refractivity contribution in [3.63, 3.8) is 0 Å². The van der Waals surface area contributed by atoms with Crippen molar-refractivity contribution in [2.45, 2.75) is 24.8 Å². The van der Waals surface area contributed by atoms with Crippen LogP contribution in [0.25, 0.3) is 11.1 Å². The predicted octanol–water partition coefficient (Wildman–Crippen LogP) is 3.73. The van der Waals surface area contributed by atoms with Gasteiger partial charge >= 0.3 is 12.1 Å². The summed E-state index contributed by atoms with van der Waals surface area (Å²) in [6, 6.07) is 16.4. The first-order valence-corrected chi connectivity index (χ1v) is 8.87. The van der Waals surface area contributed by atoms with Gasteiger partial charge in [-0.3, -0.25) is 4.79 Å². The van der Waals surface area contributed by atoms with Crippen LogP contribution in [-0.2, 0) is 9.53 Å². The Labute approximate surface area is 152 Å². The van der Waals surface area contributed by atoms with Crippen molar-refractivity contribution in [3.8, 4) is 11.1 Å². The van der Waals surface area contributed by atoms with E-state index in [9.17, 15) is 9.59 Å². The summed E-state index contributed by atoms with van der Waals surface area (Å²) in [5, 5.41) is 8.97. The van der Waals surface area contributed by atoms with Crippen LogP contribution in [0.4, 0.5) is 4.79 Å². The van der Waals surface area contributed by atoms with Gasteiger partial charge in [-0.15, -0.1) is 0 Å². The van der Waals surface area contributed by atoms with Crippen LogP contribution in [-0.4, -0.2) is 41.8 Å². The third kappa shape index (κ3) is 2.73. The molecule has 5 nitrogen and oxygen atoms in total. The molecule has 1 fully saturated rings. The fourth-order valence-electron chi connectivity index (χ4n) is 3.95. The van der Waals surface area contributed by atoms with Crippen molar-refractivity contribution in [1.29, 1.82) is 0 Å². The number of rotatable bonds is 4. The van der Waals surface area contributed by atoms with E-state index in [1.54, 1.807) is 7.05 Å². The van der Waals surface area contributed by atoms with E-state index in [1.165, 1.54) is 27.2 Å². The molecule has 0 atom stereocenters. The molecule has 134 valence electrons. The third-order valence-corrected chi connectivity index (χ3v) is 5.63. The number of hydrogen-bond donors (Lipinski definition) is 1. The minimum absolute atomic E-state index is 0.0351. The SMILES string of the molecule is CN(C(=O)OCC1c2ccccc2-c2ccccc21)C1CC(C(=O)O)C1. The standard InChI is InChI=1S/C21H21NO4/c1-22(14-10-13(11-14)20(23)24)21(25)26-12-19-17-8-4-2-6-15(17)16-7-3-5-9-18(16)19/h2-9,13-14,19H,10-12H2,1H3,(H,23,24). The van der Waals surface area contributed by atoms with Crippen LogP contribution in [0, 0.1) is 5.92 Å². The van der Waals surface area contributed by atoms with Crippen molar-refractivity contribution in [2.75, 3.05) is 13.7 Å². The predicted molar refractivity (Wildman–Crippen MR) is 97.0 cm³/mol. The highest BCUT2D eigenvalue weighted by molar-refractivity contribution is 5.79. The Morgan fingerprint density at radius 2 is 1.58 bits per heavy atom. The molecule has 0 spiro atoms. The number of nitrogens with zero attached hydrogens (tertiary/aromatic N) is 1. The Hall–Kier alpha value is -2.82.